The van der Waals surface area contributed by atoms with Gasteiger partial charge in [-0.3, -0.25) is 0 Å². The zero-order valence-electron chi connectivity index (χ0n) is 7.33. The molecule has 0 saturated heterocycles. The van der Waals surface area contributed by atoms with E-state index >= 15 is 0 Å². The Morgan fingerprint density at radius 2 is 2.42 bits per heavy atom. The van der Waals surface area contributed by atoms with E-state index in [9.17, 15) is 4.79 Å². The summed E-state index contributed by atoms with van der Waals surface area (Å²) in [5.74, 6) is 2.52. The van der Waals surface area contributed by atoms with Gasteiger partial charge in [-0.2, -0.15) is 11.3 Å². The van der Waals surface area contributed by atoms with Crippen molar-refractivity contribution in [1.82, 2.24) is 0 Å². The summed E-state index contributed by atoms with van der Waals surface area (Å²) in [4.78, 5) is 10.6. The van der Waals surface area contributed by atoms with Crippen LogP contribution in [0.1, 0.15) is 25.8 Å². The Balaban J connectivity index is 2.79. The molecule has 0 saturated carbocycles. The van der Waals surface area contributed by atoms with Crippen LogP contribution in [0.25, 0.3) is 5.57 Å². The van der Waals surface area contributed by atoms with Gasteiger partial charge in [0.2, 0.25) is 0 Å². The van der Waals surface area contributed by atoms with Crippen LogP contribution >= 0.6 is 11.3 Å². The number of thiophene rings is 1. The van der Waals surface area contributed by atoms with Crippen LogP contribution in [0.5, 0.6) is 0 Å². The molecule has 2 heteroatoms. The minimum Gasteiger partial charge on any atom is -0.233 e. The van der Waals surface area contributed by atoms with Gasteiger partial charge in [-0.05, 0) is 34.7 Å². The number of rotatable bonds is 3. The van der Waals surface area contributed by atoms with Gasteiger partial charge in [0.15, 0.2) is 0 Å². The summed E-state index contributed by atoms with van der Waals surface area (Å²) in [5, 5.41) is 3.97. The van der Waals surface area contributed by atoms with E-state index in [0.29, 0.717) is 5.92 Å². The lowest BCUT2D eigenvalue weighted by molar-refractivity contribution is 0.567. The second-order valence-electron chi connectivity index (χ2n) is 3.19. The lowest BCUT2D eigenvalue weighted by Crippen LogP contribution is -1.90. The van der Waals surface area contributed by atoms with E-state index in [0.717, 1.165) is 17.6 Å². The molecule has 0 N–H and O–H groups in total. The highest BCUT2D eigenvalue weighted by atomic mass is 32.1. The predicted molar refractivity (Wildman–Crippen MR) is 52.9 cm³/mol. The molecule has 1 heterocycles. The van der Waals surface area contributed by atoms with Gasteiger partial charge in [-0.15, -0.1) is 0 Å². The topological polar surface area (TPSA) is 17.1 Å². The molecule has 64 valence electrons. The third kappa shape index (κ3) is 2.33. The summed E-state index contributed by atoms with van der Waals surface area (Å²) in [6.07, 6.45) is 0.820. The maximum absolute atomic E-state index is 10.6. The summed E-state index contributed by atoms with van der Waals surface area (Å²) < 4.78 is 0. The maximum Gasteiger partial charge on any atom is 0.128 e. The van der Waals surface area contributed by atoms with Crippen LogP contribution < -0.4 is 0 Å². The molecule has 12 heavy (non-hydrogen) atoms. The molecule has 0 radical (unpaired) electrons. The van der Waals surface area contributed by atoms with E-state index in [1.807, 2.05) is 22.8 Å². The van der Waals surface area contributed by atoms with Crippen molar-refractivity contribution in [2.45, 2.75) is 20.3 Å². The lowest BCUT2D eigenvalue weighted by Gasteiger charge is -2.03. The van der Waals surface area contributed by atoms with E-state index in [2.05, 4.69) is 13.8 Å². The van der Waals surface area contributed by atoms with Gasteiger partial charge in [-0.25, -0.2) is 4.79 Å². The van der Waals surface area contributed by atoms with E-state index in [4.69, 9.17) is 0 Å². The third-order valence-corrected chi connectivity index (χ3v) is 2.29. The molecule has 0 unspecified atom stereocenters. The molecule has 0 spiro atoms. The quantitative estimate of drug-likeness (QED) is 0.653. The maximum atomic E-state index is 10.6. The SMILES string of the molecule is CC(C)CC(=C=O)c1ccsc1. The summed E-state index contributed by atoms with van der Waals surface area (Å²) in [6.45, 7) is 4.20. The number of allylic oxidation sites excluding steroid dienone is 1. The average Bonchev–Trinajstić information content (AvgIpc) is 2.51. The largest absolute Gasteiger partial charge is 0.233 e. The van der Waals surface area contributed by atoms with Gasteiger partial charge in [0.05, 0.1) is 0 Å². The monoisotopic (exact) mass is 180 g/mol. The summed E-state index contributed by atoms with van der Waals surface area (Å²) in [6, 6.07) is 1.97. The van der Waals surface area contributed by atoms with Crippen LogP contribution in [-0.4, -0.2) is 5.94 Å². The molecule has 0 bridgehead atoms. The minimum absolute atomic E-state index is 0.515. The lowest BCUT2D eigenvalue weighted by atomic mass is 10.0. The summed E-state index contributed by atoms with van der Waals surface area (Å²) in [5.41, 5.74) is 1.83. The summed E-state index contributed by atoms with van der Waals surface area (Å²) >= 11 is 1.61. The van der Waals surface area contributed by atoms with Gasteiger partial charge < -0.3 is 0 Å². The van der Waals surface area contributed by atoms with Crippen molar-refractivity contribution in [2.24, 2.45) is 5.92 Å². The van der Waals surface area contributed by atoms with Crippen LogP contribution in [0.4, 0.5) is 0 Å². The first kappa shape index (κ1) is 9.24. The zero-order chi connectivity index (χ0) is 8.97. The minimum atomic E-state index is 0.515. The van der Waals surface area contributed by atoms with Crippen LogP contribution in [0.15, 0.2) is 16.8 Å². The first-order chi connectivity index (χ1) is 5.74. The Morgan fingerprint density at radius 3 is 2.83 bits per heavy atom. The Morgan fingerprint density at radius 1 is 1.67 bits per heavy atom. The molecule has 0 atom stereocenters. The highest BCUT2D eigenvalue weighted by molar-refractivity contribution is 7.08. The standard InChI is InChI=1S/C10H12OS/c1-8(2)5-10(6-11)9-3-4-12-7-9/h3-4,7-8H,5H2,1-2H3. The van der Waals surface area contributed by atoms with E-state index in [1.165, 1.54) is 0 Å². The first-order valence-corrected chi connectivity index (χ1v) is 4.95. The van der Waals surface area contributed by atoms with Crippen molar-refractivity contribution in [2.75, 3.05) is 0 Å². The Hall–Kier alpha value is -0.850. The third-order valence-electron chi connectivity index (χ3n) is 1.61. The highest BCUT2D eigenvalue weighted by Gasteiger charge is 2.05. The van der Waals surface area contributed by atoms with Crippen molar-refractivity contribution < 1.29 is 4.79 Å². The van der Waals surface area contributed by atoms with Crippen molar-refractivity contribution in [3.63, 3.8) is 0 Å². The van der Waals surface area contributed by atoms with Gasteiger partial charge in [-0.1, -0.05) is 13.8 Å². The number of hydrogen-bond acceptors (Lipinski definition) is 2. The molecule has 0 aliphatic rings. The van der Waals surface area contributed by atoms with Crippen molar-refractivity contribution in [3.8, 4) is 0 Å². The Kier molecular flexibility index (Phi) is 3.27. The number of carbonyl (C=O) groups excluding carboxylic acids is 1. The molecule has 1 aromatic rings. The smallest absolute Gasteiger partial charge is 0.128 e. The Labute approximate surface area is 76.7 Å². The molecule has 0 aliphatic carbocycles. The fraction of sp³-hybridized carbons (Fsp3) is 0.400. The fourth-order valence-corrected chi connectivity index (χ4v) is 1.73. The Bertz CT molecular complexity index is 279. The van der Waals surface area contributed by atoms with Crippen LogP contribution in [0.3, 0.4) is 0 Å². The number of hydrogen-bond donors (Lipinski definition) is 0. The highest BCUT2D eigenvalue weighted by Crippen LogP contribution is 2.21. The molecule has 1 aromatic heterocycles. The molecule has 0 aromatic carbocycles. The molecular weight excluding hydrogens is 168 g/mol. The fourth-order valence-electron chi connectivity index (χ4n) is 1.06. The normalized spacial score (nSPS) is 9.92. The average molecular weight is 180 g/mol. The molecule has 0 fully saturated rings. The van der Waals surface area contributed by atoms with Crippen molar-refractivity contribution in [1.29, 1.82) is 0 Å². The van der Waals surface area contributed by atoms with Crippen LogP contribution in [0, 0.1) is 5.92 Å². The second kappa shape index (κ2) is 4.24. The molecular formula is C10H12OS. The van der Waals surface area contributed by atoms with E-state index in [-0.39, 0.29) is 0 Å². The molecule has 1 rings (SSSR count). The van der Waals surface area contributed by atoms with Crippen molar-refractivity contribution >= 4 is 22.9 Å². The summed E-state index contributed by atoms with van der Waals surface area (Å²) in [7, 11) is 0. The molecule has 0 aliphatic heterocycles. The zero-order valence-corrected chi connectivity index (χ0v) is 8.15. The van der Waals surface area contributed by atoms with Gasteiger partial charge in [0.1, 0.15) is 5.94 Å². The van der Waals surface area contributed by atoms with Gasteiger partial charge in [0.25, 0.3) is 0 Å². The molecule has 1 nitrogen and oxygen atoms in total. The van der Waals surface area contributed by atoms with E-state index in [1.54, 1.807) is 11.3 Å². The second-order valence-corrected chi connectivity index (χ2v) is 3.97. The van der Waals surface area contributed by atoms with Gasteiger partial charge >= 0.3 is 0 Å². The predicted octanol–water partition coefficient (Wildman–Crippen LogP) is 3.01. The van der Waals surface area contributed by atoms with Crippen LogP contribution in [0.2, 0.25) is 0 Å². The van der Waals surface area contributed by atoms with E-state index < -0.39 is 0 Å². The first-order valence-electron chi connectivity index (χ1n) is 4.00. The van der Waals surface area contributed by atoms with Gasteiger partial charge in [0, 0.05) is 5.57 Å². The van der Waals surface area contributed by atoms with Crippen molar-refractivity contribution in [3.05, 3.63) is 22.4 Å². The molecule has 0 amide bonds. The van der Waals surface area contributed by atoms with Crippen LogP contribution in [-0.2, 0) is 4.79 Å².